The fraction of sp³-hybridized carbons (Fsp3) is 0.217. The average molecular weight is 496 g/mol. The number of carbonyl (C=O) groups is 1. The Hall–Kier alpha value is -3.46. The van der Waals surface area contributed by atoms with Crippen LogP contribution in [0.25, 0.3) is 11.0 Å². The smallest absolute Gasteiger partial charge is 0.332 e. The highest BCUT2D eigenvalue weighted by Crippen LogP contribution is 2.15. The minimum atomic E-state index is -0.543. The molecular weight excluding hydrogens is 474 g/mol. The molecule has 0 saturated heterocycles. The molecule has 0 unspecified atom stereocenters. The van der Waals surface area contributed by atoms with Crippen molar-refractivity contribution < 1.29 is 4.79 Å². The van der Waals surface area contributed by atoms with Gasteiger partial charge in [0.15, 0.2) is 5.52 Å². The maximum absolute atomic E-state index is 13.3. The van der Waals surface area contributed by atoms with Gasteiger partial charge in [-0.15, -0.1) is 0 Å². The van der Waals surface area contributed by atoms with Gasteiger partial charge in [0.2, 0.25) is 5.91 Å². The van der Waals surface area contributed by atoms with Crippen LogP contribution in [0.15, 0.2) is 74.9 Å². The largest absolute Gasteiger partial charge is 0.350 e. The molecule has 8 nitrogen and oxygen atoms in total. The molecule has 0 atom stereocenters. The van der Waals surface area contributed by atoms with Gasteiger partial charge in [-0.2, -0.15) is 5.10 Å². The molecule has 4 rings (SSSR count). The van der Waals surface area contributed by atoms with Gasteiger partial charge in [-0.05, 0) is 24.1 Å². The summed E-state index contributed by atoms with van der Waals surface area (Å²) in [5.74, 6) is -0.335. The first-order valence-corrected chi connectivity index (χ1v) is 11.0. The van der Waals surface area contributed by atoms with Crippen LogP contribution in [0.1, 0.15) is 18.1 Å². The van der Waals surface area contributed by atoms with Crippen LogP contribution in [0.5, 0.6) is 0 Å². The fourth-order valence-corrected chi connectivity index (χ4v) is 3.90. The Morgan fingerprint density at radius 2 is 1.75 bits per heavy atom. The van der Waals surface area contributed by atoms with Crippen LogP contribution in [0, 0.1) is 0 Å². The van der Waals surface area contributed by atoms with Crippen LogP contribution in [-0.4, -0.2) is 24.8 Å². The first kappa shape index (κ1) is 21.8. The number of hydrogen-bond donors (Lipinski definition) is 1. The van der Waals surface area contributed by atoms with Gasteiger partial charge in [-0.25, -0.2) is 4.79 Å². The molecule has 1 amide bonds. The van der Waals surface area contributed by atoms with Gasteiger partial charge >= 0.3 is 5.69 Å². The Morgan fingerprint density at radius 1 is 1.03 bits per heavy atom. The number of amides is 1. The maximum atomic E-state index is 13.3. The summed E-state index contributed by atoms with van der Waals surface area (Å²) < 4.78 is 4.92. The molecular formula is C23H22BrN5O3. The summed E-state index contributed by atoms with van der Waals surface area (Å²) in [7, 11) is 0. The first-order chi connectivity index (χ1) is 15.5. The Labute approximate surface area is 192 Å². The van der Waals surface area contributed by atoms with Crippen molar-refractivity contribution in [2.75, 3.05) is 0 Å². The second-order valence-corrected chi connectivity index (χ2v) is 8.19. The highest BCUT2D eigenvalue weighted by molar-refractivity contribution is 9.10. The monoisotopic (exact) mass is 495 g/mol. The summed E-state index contributed by atoms with van der Waals surface area (Å²) in [6.45, 7) is 2.63. The van der Waals surface area contributed by atoms with Crippen LogP contribution in [-0.2, 0) is 31.0 Å². The Balaban J connectivity index is 1.70. The van der Waals surface area contributed by atoms with Crippen molar-refractivity contribution in [1.82, 2.24) is 24.2 Å². The van der Waals surface area contributed by atoms with E-state index in [2.05, 4.69) is 26.3 Å². The number of halogens is 1. The molecule has 2 aromatic carbocycles. The van der Waals surface area contributed by atoms with Crippen LogP contribution in [0.3, 0.4) is 0 Å². The molecule has 0 aliphatic heterocycles. The molecule has 0 aliphatic carbocycles. The molecule has 2 aromatic heterocycles. The van der Waals surface area contributed by atoms with E-state index in [0.717, 1.165) is 20.2 Å². The predicted molar refractivity (Wildman–Crippen MR) is 125 cm³/mol. The number of nitrogens with zero attached hydrogens (tertiary/aromatic N) is 4. The van der Waals surface area contributed by atoms with E-state index in [0.29, 0.717) is 18.6 Å². The minimum absolute atomic E-state index is 0.103. The summed E-state index contributed by atoms with van der Waals surface area (Å²) in [5, 5.41) is 7.17. The molecule has 164 valence electrons. The molecule has 2 heterocycles. The molecule has 0 bridgehead atoms. The number of hydrogen-bond acceptors (Lipinski definition) is 4. The van der Waals surface area contributed by atoms with E-state index >= 15 is 0 Å². The average Bonchev–Trinajstić information content (AvgIpc) is 3.24. The zero-order chi connectivity index (χ0) is 22.7. The van der Waals surface area contributed by atoms with Crippen molar-refractivity contribution in [3.63, 3.8) is 0 Å². The fourth-order valence-electron chi connectivity index (χ4n) is 3.48. The normalized spacial score (nSPS) is 11.1. The van der Waals surface area contributed by atoms with E-state index in [9.17, 15) is 14.4 Å². The van der Waals surface area contributed by atoms with Crippen LogP contribution < -0.4 is 16.6 Å². The van der Waals surface area contributed by atoms with E-state index < -0.39 is 11.2 Å². The first-order valence-electron chi connectivity index (χ1n) is 10.2. The number of aryl methyl sites for hydroxylation is 1. The number of benzene rings is 2. The lowest BCUT2D eigenvalue weighted by Crippen LogP contribution is -2.42. The number of aromatic nitrogens is 4. The van der Waals surface area contributed by atoms with Gasteiger partial charge in [0.1, 0.15) is 6.54 Å². The summed E-state index contributed by atoms with van der Waals surface area (Å²) in [6, 6.07) is 16.8. The van der Waals surface area contributed by atoms with Crippen molar-refractivity contribution >= 4 is 32.9 Å². The van der Waals surface area contributed by atoms with Crippen molar-refractivity contribution in [2.45, 2.75) is 33.1 Å². The molecule has 0 aliphatic rings. The van der Waals surface area contributed by atoms with Gasteiger partial charge in [0.05, 0.1) is 12.1 Å². The second-order valence-electron chi connectivity index (χ2n) is 7.33. The molecule has 1 N–H and O–H groups in total. The van der Waals surface area contributed by atoms with E-state index in [1.165, 1.54) is 4.57 Å². The highest BCUT2D eigenvalue weighted by Gasteiger charge is 2.18. The molecule has 32 heavy (non-hydrogen) atoms. The Kier molecular flexibility index (Phi) is 6.36. The second kappa shape index (κ2) is 9.35. The van der Waals surface area contributed by atoms with E-state index in [1.807, 2.05) is 61.5 Å². The Bertz CT molecular complexity index is 1390. The SMILES string of the molecule is CCn1cc2c(n1)c(=O)n(Cc1ccccc1)c(=O)n2CC(=O)NCc1ccccc1Br. The predicted octanol–water partition coefficient (Wildman–Crippen LogP) is 2.51. The number of carbonyl (C=O) groups excluding carboxylic acids is 1. The van der Waals surface area contributed by atoms with E-state index in [-0.39, 0.29) is 24.5 Å². The third-order valence-corrected chi connectivity index (χ3v) is 5.96. The zero-order valence-electron chi connectivity index (χ0n) is 17.5. The summed E-state index contributed by atoms with van der Waals surface area (Å²) in [6.07, 6.45) is 1.63. The van der Waals surface area contributed by atoms with E-state index in [4.69, 9.17) is 0 Å². The standard InChI is InChI=1S/C23H22BrN5O3/c1-2-27-14-19-21(26-27)22(31)29(13-16-8-4-3-5-9-16)23(32)28(19)15-20(30)25-12-17-10-6-7-11-18(17)24/h3-11,14H,2,12-13,15H2,1H3,(H,25,30). The van der Waals surface area contributed by atoms with Gasteiger partial charge in [0.25, 0.3) is 5.56 Å². The third-order valence-electron chi connectivity index (χ3n) is 5.19. The van der Waals surface area contributed by atoms with E-state index in [1.54, 1.807) is 10.9 Å². The van der Waals surface area contributed by atoms with Gasteiger partial charge in [-0.3, -0.25) is 23.4 Å². The lowest BCUT2D eigenvalue weighted by molar-refractivity contribution is -0.121. The highest BCUT2D eigenvalue weighted by atomic mass is 79.9. The van der Waals surface area contributed by atoms with Crippen LogP contribution in [0.4, 0.5) is 0 Å². The quantitative estimate of drug-likeness (QED) is 0.426. The van der Waals surface area contributed by atoms with Gasteiger partial charge < -0.3 is 5.32 Å². The molecule has 0 saturated carbocycles. The molecule has 0 radical (unpaired) electrons. The molecule has 0 fully saturated rings. The zero-order valence-corrected chi connectivity index (χ0v) is 19.1. The molecule has 4 aromatic rings. The minimum Gasteiger partial charge on any atom is -0.350 e. The number of rotatable bonds is 7. The van der Waals surface area contributed by atoms with Crippen LogP contribution in [0.2, 0.25) is 0 Å². The molecule has 0 spiro atoms. The van der Waals surface area contributed by atoms with Crippen molar-refractivity contribution in [3.05, 3.63) is 97.2 Å². The summed E-state index contributed by atoms with van der Waals surface area (Å²) >= 11 is 3.46. The maximum Gasteiger partial charge on any atom is 0.332 e. The number of nitrogens with one attached hydrogen (secondary N) is 1. The van der Waals surface area contributed by atoms with Crippen molar-refractivity contribution in [3.8, 4) is 0 Å². The topological polar surface area (TPSA) is 90.9 Å². The van der Waals surface area contributed by atoms with Gasteiger partial charge in [-0.1, -0.05) is 64.5 Å². The van der Waals surface area contributed by atoms with Gasteiger partial charge in [0, 0.05) is 23.8 Å². The Morgan fingerprint density at radius 3 is 2.47 bits per heavy atom. The lowest BCUT2D eigenvalue weighted by atomic mass is 10.2. The molecule has 9 heteroatoms. The third kappa shape index (κ3) is 4.43. The van der Waals surface area contributed by atoms with Crippen molar-refractivity contribution in [1.29, 1.82) is 0 Å². The summed E-state index contributed by atoms with van der Waals surface area (Å²) in [5.41, 5.74) is 1.24. The number of fused-ring (bicyclic) bond motifs is 1. The lowest BCUT2D eigenvalue weighted by Gasteiger charge is -2.12. The van der Waals surface area contributed by atoms with Crippen LogP contribution >= 0.6 is 15.9 Å². The van der Waals surface area contributed by atoms with Crippen molar-refractivity contribution in [2.24, 2.45) is 0 Å². The summed E-state index contributed by atoms with van der Waals surface area (Å²) in [4.78, 5) is 39.0.